The van der Waals surface area contributed by atoms with Crippen LogP contribution in [0.1, 0.15) is 17.3 Å². The molecule has 0 amide bonds. The monoisotopic (exact) mass is 203 g/mol. The molecule has 0 aliphatic rings. The second-order valence-corrected chi connectivity index (χ2v) is 3.85. The third-order valence-corrected chi connectivity index (χ3v) is 2.88. The molecular formula is C11H9NOS. The number of rotatable bonds is 2. The minimum Gasteiger partial charge on any atom is -0.294 e. The predicted molar refractivity (Wildman–Crippen MR) is 57.6 cm³/mol. The molecule has 0 N–H and O–H groups in total. The number of ketones is 1. The SMILES string of the molecule is CC(=O)c1ccsc1-c1ccccn1. The highest BCUT2D eigenvalue weighted by molar-refractivity contribution is 7.14. The van der Waals surface area contributed by atoms with Gasteiger partial charge in [0, 0.05) is 11.8 Å². The minimum atomic E-state index is 0.0897. The fourth-order valence-electron chi connectivity index (χ4n) is 1.28. The Balaban J connectivity index is 2.52. The maximum atomic E-state index is 11.3. The van der Waals surface area contributed by atoms with E-state index in [1.54, 1.807) is 24.5 Å². The van der Waals surface area contributed by atoms with Crippen LogP contribution in [-0.2, 0) is 0 Å². The molecule has 2 aromatic heterocycles. The van der Waals surface area contributed by atoms with Gasteiger partial charge in [-0.3, -0.25) is 9.78 Å². The van der Waals surface area contributed by atoms with Gasteiger partial charge in [0.05, 0.1) is 10.6 Å². The first kappa shape index (κ1) is 9.09. The van der Waals surface area contributed by atoms with Crippen molar-refractivity contribution in [1.29, 1.82) is 0 Å². The van der Waals surface area contributed by atoms with Gasteiger partial charge in [0.1, 0.15) is 0 Å². The first-order valence-corrected chi connectivity index (χ1v) is 5.17. The second kappa shape index (κ2) is 3.72. The predicted octanol–water partition coefficient (Wildman–Crippen LogP) is 3.01. The van der Waals surface area contributed by atoms with Gasteiger partial charge in [-0.05, 0) is 30.5 Å². The fraction of sp³-hybridized carbons (Fsp3) is 0.0909. The minimum absolute atomic E-state index is 0.0897. The van der Waals surface area contributed by atoms with Gasteiger partial charge in [0.2, 0.25) is 0 Å². The molecule has 0 unspecified atom stereocenters. The molecule has 0 saturated heterocycles. The zero-order valence-corrected chi connectivity index (χ0v) is 8.54. The van der Waals surface area contributed by atoms with Crippen LogP contribution in [-0.4, -0.2) is 10.8 Å². The molecule has 14 heavy (non-hydrogen) atoms. The Bertz CT molecular complexity index is 447. The summed E-state index contributed by atoms with van der Waals surface area (Å²) in [6.45, 7) is 1.58. The highest BCUT2D eigenvalue weighted by Gasteiger charge is 2.10. The average molecular weight is 203 g/mol. The Kier molecular flexibility index (Phi) is 2.41. The van der Waals surface area contributed by atoms with E-state index in [0.717, 1.165) is 16.1 Å². The number of aromatic nitrogens is 1. The molecule has 0 bridgehead atoms. The summed E-state index contributed by atoms with van der Waals surface area (Å²) in [7, 11) is 0. The van der Waals surface area contributed by atoms with Gasteiger partial charge in [-0.1, -0.05) is 6.07 Å². The van der Waals surface area contributed by atoms with Crippen molar-refractivity contribution in [2.45, 2.75) is 6.92 Å². The van der Waals surface area contributed by atoms with Crippen LogP contribution < -0.4 is 0 Å². The lowest BCUT2D eigenvalue weighted by atomic mass is 10.1. The van der Waals surface area contributed by atoms with Crippen molar-refractivity contribution in [2.24, 2.45) is 0 Å². The summed E-state index contributed by atoms with van der Waals surface area (Å²) >= 11 is 1.55. The maximum Gasteiger partial charge on any atom is 0.161 e. The van der Waals surface area contributed by atoms with Crippen molar-refractivity contribution < 1.29 is 4.79 Å². The van der Waals surface area contributed by atoms with Gasteiger partial charge in [-0.25, -0.2) is 0 Å². The topological polar surface area (TPSA) is 30.0 Å². The third-order valence-electron chi connectivity index (χ3n) is 1.94. The summed E-state index contributed by atoms with van der Waals surface area (Å²) in [5, 5.41) is 1.92. The smallest absolute Gasteiger partial charge is 0.161 e. The number of hydrogen-bond acceptors (Lipinski definition) is 3. The van der Waals surface area contributed by atoms with Gasteiger partial charge in [-0.2, -0.15) is 0 Å². The largest absolute Gasteiger partial charge is 0.294 e. The molecule has 0 spiro atoms. The Morgan fingerprint density at radius 1 is 1.36 bits per heavy atom. The van der Waals surface area contributed by atoms with Crippen LogP contribution in [0.3, 0.4) is 0 Å². The second-order valence-electron chi connectivity index (χ2n) is 2.93. The van der Waals surface area contributed by atoms with E-state index >= 15 is 0 Å². The van der Waals surface area contributed by atoms with Gasteiger partial charge in [0.25, 0.3) is 0 Å². The fourth-order valence-corrected chi connectivity index (χ4v) is 2.20. The molecule has 2 heterocycles. The Labute approximate surface area is 86.2 Å². The molecular weight excluding hydrogens is 194 g/mol. The summed E-state index contributed by atoms with van der Waals surface area (Å²) in [5.41, 5.74) is 1.63. The summed E-state index contributed by atoms with van der Waals surface area (Å²) in [4.78, 5) is 16.5. The van der Waals surface area contributed by atoms with Crippen LogP contribution in [0.15, 0.2) is 35.8 Å². The summed E-state index contributed by atoms with van der Waals surface area (Å²) in [6, 6.07) is 7.55. The summed E-state index contributed by atoms with van der Waals surface area (Å²) in [6.07, 6.45) is 1.74. The Morgan fingerprint density at radius 2 is 2.21 bits per heavy atom. The van der Waals surface area contributed by atoms with Crippen molar-refractivity contribution in [2.75, 3.05) is 0 Å². The molecule has 2 rings (SSSR count). The molecule has 0 aromatic carbocycles. The van der Waals surface area contributed by atoms with E-state index in [4.69, 9.17) is 0 Å². The van der Waals surface area contributed by atoms with Crippen molar-refractivity contribution in [1.82, 2.24) is 4.98 Å². The van der Waals surface area contributed by atoms with Crippen LogP contribution in [0.2, 0.25) is 0 Å². The number of pyridine rings is 1. The highest BCUT2D eigenvalue weighted by atomic mass is 32.1. The lowest BCUT2D eigenvalue weighted by Gasteiger charge is -1.98. The highest BCUT2D eigenvalue weighted by Crippen LogP contribution is 2.27. The van der Waals surface area contributed by atoms with Crippen molar-refractivity contribution >= 4 is 17.1 Å². The normalized spacial score (nSPS) is 10.1. The van der Waals surface area contributed by atoms with Gasteiger partial charge >= 0.3 is 0 Å². The van der Waals surface area contributed by atoms with Crippen LogP contribution in [0.5, 0.6) is 0 Å². The zero-order valence-electron chi connectivity index (χ0n) is 7.73. The molecule has 0 fully saturated rings. The van der Waals surface area contributed by atoms with E-state index in [1.165, 1.54) is 0 Å². The van der Waals surface area contributed by atoms with Gasteiger partial charge in [-0.15, -0.1) is 11.3 Å². The number of thiophene rings is 1. The first-order valence-electron chi connectivity index (χ1n) is 4.29. The van der Waals surface area contributed by atoms with E-state index in [-0.39, 0.29) is 5.78 Å². The molecule has 70 valence electrons. The third kappa shape index (κ3) is 1.59. The van der Waals surface area contributed by atoms with E-state index < -0.39 is 0 Å². The van der Waals surface area contributed by atoms with Gasteiger partial charge < -0.3 is 0 Å². The molecule has 2 aromatic rings. The Hall–Kier alpha value is -1.48. The van der Waals surface area contributed by atoms with Gasteiger partial charge in [0.15, 0.2) is 5.78 Å². The molecule has 3 heteroatoms. The van der Waals surface area contributed by atoms with E-state index in [1.807, 2.05) is 29.6 Å². The lowest BCUT2D eigenvalue weighted by Crippen LogP contribution is -1.92. The van der Waals surface area contributed by atoms with E-state index in [9.17, 15) is 4.79 Å². The molecule has 0 aliphatic heterocycles. The van der Waals surface area contributed by atoms with Crippen LogP contribution in [0.25, 0.3) is 10.6 Å². The first-order chi connectivity index (χ1) is 6.79. The zero-order chi connectivity index (χ0) is 9.97. The molecule has 0 saturated carbocycles. The standard InChI is InChI=1S/C11H9NOS/c1-8(13)9-5-7-14-11(9)10-4-2-3-6-12-10/h2-7H,1H3. The van der Waals surface area contributed by atoms with E-state index in [0.29, 0.717) is 0 Å². The van der Waals surface area contributed by atoms with E-state index in [2.05, 4.69) is 4.98 Å². The Morgan fingerprint density at radius 3 is 2.86 bits per heavy atom. The molecule has 0 aliphatic carbocycles. The molecule has 0 radical (unpaired) electrons. The number of carbonyl (C=O) groups excluding carboxylic acids is 1. The molecule has 0 atom stereocenters. The van der Waals surface area contributed by atoms with Crippen molar-refractivity contribution in [3.05, 3.63) is 41.4 Å². The van der Waals surface area contributed by atoms with Crippen LogP contribution >= 0.6 is 11.3 Å². The van der Waals surface area contributed by atoms with Crippen LogP contribution in [0.4, 0.5) is 0 Å². The molecule has 2 nitrogen and oxygen atoms in total. The quantitative estimate of drug-likeness (QED) is 0.702. The maximum absolute atomic E-state index is 11.3. The average Bonchev–Trinajstić information content (AvgIpc) is 2.67. The number of nitrogens with zero attached hydrogens (tertiary/aromatic N) is 1. The number of hydrogen-bond donors (Lipinski definition) is 0. The van der Waals surface area contributed by atoms with Crippen LogP contribution in [0, 0.1) is 0 Å². The number of Topliss-reactive ketones (excluding diaryl/α,β-unsaturated/α-hetero) is 1. The lowest BCUT2D eigenvalue weighted by molar-refractivity contribution is 0.101. The van der Waals surface area contributed by atoms with Crippen molar-refractivity contribution in [3.8, 4) is 10.6 Å². The summed E-state index contributed by atoms with van der Waals surface area (Å²) in [5.74, 6) is 0.0897. The number of carbonyl (C=O) groups is 1. The summed E-state index contributed by atoms with van der Waals surface area (Å²) < 4.78 is 0. The van der Waals surface area contributed by atoms with Crippen molar-refractivity contribution in [3.63, 3.8) is 0 Å².